The first kappa shape index (κ1) is 22.0. The zero-order valence-corrected chi connectivity index (χ0v) is 18.2. The highest BCUT2D eigenvalue weighted by molar-refractivity contribution is 14.0. The van der Waals surface area contributed by atoms with Crippen LogP contribution in [0.4, 0.5) is 0 Å². The van der Waals surface area contributed by atoms with Crippen molar-refractivity contribution in [1.82, 2.24) is 14.9 Å². The maximum absolute atomic E-state index is 11.4. The number of likely N-dealkylation sites (tertiary alicyclic amines) is 1. The molecule has 1 aliphatic carbocycles. The quantitative estimate of drug-likeness (QED) is 0.269. The average Bonchev–Trinajstić information content (AvgIpc) is 2.94. The molecule has 1 aliphatic heterocycles. The number of nitrogens with one attached hydrogen (secondary N) is 2. The van der Waals surface area contributed by atoms with E-state index in [0.717, 1.165) is 25.6 Å². The highest BCUT2D eigenvalue weighted by Crippen LogP contribution is 2.43. The molecule has 142 valence electrons. The predicted octanol–water partition coefficient (Wildman–Crippen LogP) is 2.17. The molecule has 0 atom stereocenters. The SMILES string of the molecule is CCNC(=NCCNS(=O)(=O)CC)N1CCC2(CCCCC2)C1.I. The molecule has 0 radical (unpaired) electrons. The van der Waals surface area contributed by atoms with Crippen LogP contribution in [0.15, 0.2) is 4.99 Å². The minimum atomic E-state index is -3.12. The van der Waals surface area contributed by atoms with Crippen molar-refractivity contribution >= 4 is 40.0 Å². The molecule has 1 heterocycles. The van der Waals surface area contributed by atoms with E-state index in [2.05, 4.69) is 26.9 Å². The molecule has 2 rings (SSSR count). The second-order valence-electron chi connectivity index (χ2n) is 6.77. The third-order valence-corrected chi connectivity index (χ3v) is 6.47. The molecule has 0 aromatic rings. The van der Waals surface area contributed by atoms with E-state index < -0.39 is 10.0 Å². The Balaban J connectivity index is 0.00000288. The van der Waals surface area contributed by atoms with Crippen LogP contribution in [0, 0.1) is 5.41 Å². The summed E-state index contributed by atoms with van der Waals surface area (Å²) in [5.41, 5.74) is 0.498. The predicted molar refractivity (Wildman–Crippen MR) is 111 cm³/mol. The Hall–Kier alpha value is -0.0900. The molecule has 1 saturated carbocycles. The molecule has 2 fully saturated rings. The zero-order chi connectivity index (χ0) is 16.8. The molecule has 2 N–H and O–H groups in total. The van der Waals surface area contributed by atoms with E-state index in [4.69, 9.17) is 0 Å². The van der Waals surface area contributed by atoms with Gasteiger partial charge in [-0.15, -0.1) is 24.0 Å². The molecule has 0 aromatic heterocycles. The topological polar surface area (TPSA) is 73.8 Å². The Kier molecular flexibility index (Phi) is 9.29. The van der Waals surface area contributed by atoms with E-state index in [-0.39, 0.29) is 29.7 Å². The Morgan fingerprint density at radius 1 is 1.17 bits per heavy atom. The first-order valence-corrected chi connectivity index (χ1v) is 10.7. The largest absolute Gasteiger partial charge is 0.357 e. The lowest BCUT2D eigenvalue weighted by atomic mass is 9.73. The number of rotatable bonds is 6. The van der Waals surface area contributed by atoms with Crippen molar-refractivity contribution in [2.75, 3.05) is 38.5 Å². The Morgan fingerprint density at radius 2 is 1.88 bits per heavy atom. The number of hydrogen-bond acceptors (Lipinski definition) is 3. The van der Waals surface area contributed by atoms with Crippen molar-refractivity contribution in [3.63, 3.8) is 0 Å². The fourth-order valence-electron chi connectivity index (χ4n) is 3.72. The molecule has 0 unspecified atom stereocenters. The standard InChI is InChI=1S/C16H32N4O2S.HI/c1-3-17-15(18-11-12-19-23(21,22)4-2)20-13-10-16(14-20)8-6-5-7-9-16;/h19H,3-14H2,1-2H3,(H,17,18);1H. The van der Waals surface area contributed by atoms with Crippen LogP contribution in [-0.2, 0) is 10.0 Å². The second kappa shape index (κ2) is 10.2. The minimum absolute atomic E-state index is 0. The molecule has 8 heteroatoms. The van der Waals surface area contributed by atoms with Crippen LogP contribution in [0.2, 0.25) is 0 Å². The van der Waals surface area contributed by atoms with E-state index >= 15 is 0 Å². The van der Waals surface area contributed by atoms with Crippen molar-refractivity contribution in [3.8, 4) is 0 Å². The summed E-state index contributed by atoms with van der Waals surface area (Å²) in [6.45, 7) is 7.55. The lowest BCUT2D eigenvalue weighted by Crippen LogP contribution is -2.42. The van der Waals surface area contributed by atoms with Gasteiger partial charge in [0.05, 0.1) is 12.3 Å². The molecule has 0 bridgehead atoms. The molecule has 1 saturated heterocycles. The van der Waals surface area contributed by atoms with Gasteiger partial charge in [0.15, 0.2) is 5.96 Å². The van der Waals surface area contributed by atoms with Crippen molar-refractivity contribution in [3.05, 3.63) is 0 Å². The van der Waals surface area contributed by atoms with E-state index in [1.807, 2.05) is 0 Å². The molecule has 6 nitrogen and oxygen atoms in total. The van der Waals surface area contributed by atoms with Crippen LogP contribution in [0.3, 0.4) is 0 Å². The number of guanidine groups is 1. The van der Waals surface area contributed by atoms with Crippen LogP contribution < -0.4 is 10.0 Å². The molecule has 24 heavy (non-hydrogen) atoms. The highest BCUT2D eigenvalue weighted by atomic mass is 127. The number of nitrogens with zero attached hydrogens (tertiary/aromatic N) is 2. The van der Waals surface area contributed by atoms with Crippen molar-refractivity contribution in [2.45, 2.75) is 52.4 Å². The molecule has 2 aliphatic rings. The van der Waals surface area contributed by atoms with E-state index in [1.165, 1.54) is 38.5 Å². The van der Waals surface area contributed by atoms with E-state index in [9.17, 15) is 8.42 Å². The van der Waals surface area contributed by atoms with Gasteiger partial charge in [-0.05, 0) is 38.5 Å². The lowest BCUT2D eigenvalue weighted by molar-refractivity contribution is 0.203. The minimum Gasteiger partial charge on any atom is -0.357 e. The smallest absolute Gasteiger partial charge is 0.211 e. The van der Waals surface area contributed by atoms with Gasteiger partial charge in [0.1, 0.15) is 0 Å². The summed E-state index contributed by atoms with van der Waals surface area (Å²) in [6.07, 6.45) is 8.06. The van der Waals surface area contributed by atoms with Gasteiger partial charge in [-0.2, -0.15) is 0 Å². The third kappa shape index (κ3) is 6.33. The van der Waals surface area contributed by atoms with Gasteiger partial charge in [0.2, 0.25) is 10.0 Å². The highest BCUT2D eigenvalue weighted by Gasteiger charge is 2.39. The van der Waals surface area contributed by atoms with Gasteiger partial charge in [0.25, 0.3) is 0 Å². The lowest BCUT2D eigenvalue weighted by Gasteiger charge is -2.33. The maximum Gasteiger partial charge on any atom is 0.211 e. The zero-order valence-electron chi connectivity index (χ0n) is 15.0. The Labute approximate surface area is 164 Å². The van der Waals surface area contributed by atoms with Crippen LogP contribution in [-0.4, -0.2) is 57.8 Å². The van der Waals surface area contributed by atoms with Gasteiger partial charge in [-0.1, -0.05) is 19.3 Å². The molecule has 0 amide bonds. The van der Waals surface area contributed by atoms with Crippen molar-refractivity contribution in [2.24, 2.45) is 10.4 Å². The average molecular weight is 472 g/mol. The summed E-state index contributed by atoms with van der Waals surface area (Å²) in [5.74, 6) is 1.05. The first-order valence-electron chi connectivity index (χ1n) is 9.01. The fraction of sp³-hybridized carbons (Fsp3) is 0.938. The van der Waals surface area contributed by atoms with Gasteiger partial charge in [-0.25, -0.2) is 13.1 Å². The van der Waals surface area contributed by atoms with Crippen molar-refractivity contribution in [1.29, 1.82) is 0 Å². The summed E-state index contributed by atoms with van der Waals surface area (Å²) < 4.78 is 25.5. The van der Waals surface area contributed by atoms with Crippen LogP contribution >= 0.6 is 24.0 Å². The van der Waals surface area contributed by atoms with Crippen LogP contribution in [0.1, 0.15) is 52.4 Å². The number of halogens is 1. The first-order chi connectivity index (χ1) is 11.0. The summed E-state index contributed by atoms with van der Waals surface area (Å²) in [5, 5.41) is 3.36. The van der Waals surface area contributed by atoms with Gasteiger partial charge < -0.3 is 10.2 Å². The van der Waals surface area contributed by atoms with Crippen LogP contribution in [0.25, 0.3) is 0 Å². The van der Waals surface area contributed by atoms with Gasteiger partial charge in [-0.3, -0.25) is 4.99 Å². The molecule has 1 spiro atoms. The van der Waals surface area contributed by atoms with E-state index in [1.54, 1.807) is 6.92 Å². The van der Waals surface area contributed by atoms with Crippen molar-refractivity contribution < 1.29 is 8.42 Å². The maximum atomic E-state index is 11.4. The summed E-state index contributed by atoms with van der Waals surface area (Å²) >= 11 is 0. The summed E-state index contributed by atoms with van der Waals surface area (Å²) in [6, 6.07) is 0. The number of aliphatic imine (C=N–C) groups is 1. The Bertz CT molecular complexity index is 504. The van der Waals surface area contributed by atoms with Gasteiger partial charge >= 0.3 is 0 Å². The molecule has 0 aromatic carbocycles. The van der Waals surface area contributed by atoms with E-state index in [0.29, 0.717) is 18.5 Å². The van der Waals surface area contributed by atoms with Gasteiger partial charge in [0, 0.05) is 26.2 Å². The summed E-state index contributed by atoms with van der Waals surface area (Å²) in [4.78, 5) is 6.98. The second-order valence-corrected chi connectivity index (χ2v) is 8.86. The normalized spacial score (nSPS) is 20.9. The van der Waals surface area contributed by atoms with Crippen LogP contribution in [0.5, 0.6) is 0 Å². The monoisotopic (exact) mass is 472 g/mol. The number of hydrogen-bond donors (Lipinski definition) is 2. The molecular weight excluding hydrogens is 439 g/mol. The molecular formula is C16H33IN4O2S. The third-order valence-electron chi connectivity index (χ3n) is 5.06. The number of sulfonamides is 1. The Morgan fingerprint density at radius 3 is 2.50 bits per heavy atom. The fourth-order valence-corrected chi connectivity index (χ4v) is 4.32. The summed E-state index contributed by atoms with van der Waals surface area (Å²) in [7, 11) is -3.12.